The van der Waals surface area contributed by atoms with Gasteiger partial charge in [-0.2, -0.15) is 0 Å². The Morgan fingerprint density at radius 1 is 1.11 bits per heavy atom. The molecule has 0 saturated carbocycles. The quantitative estimate of drug-likeness (QED) is 0.878. The van der Waals surface area contributed by atoms with Crippen molar-refractivity contribution in [2.45, 2.75) is 26.2 Å². The van der Waals surface area contributed by atoms with Crippen molar-refractivity contribution in [3.8, 4) is 0 Å². The van der Waals surface area contributed by atoms with E-state index in [0.29, 0.717) is 6.54 Å². The third-order valence-electron chi connectivity index (χ3n) is 3.31. The molecule has 2 aromatic rings. The molecule has 0 unspecified atom stereocenters. The van der Waals surface area contributed by atoms with Crippen molar-refractivity contribution in [1.82, 2.24) is 5.32 Å². The summed E-state index contributed by atoms with van der Waals surface area (Å²) >= 11 is 0. The number of hydrogen-bond acceptors (Lipinski definition) is 1. The number of hydrogen-bond donors (Lipinski definition) is 1. The summed E-state index contributed by atoms with van der Waals surface area (Å²) < 4.78 is 0. The Bertz CT molecular complexity index is 572. The van der Waals surface area contributed by atoms with Crippen LogP contribution < -0.4 is 5.32 Å². The predicted octanol–water partition coefficient (Wildman–Crippen LogP) is 3.25. The lowest BCUT2D eigenvalue weighted by atomic mass is 9.83. The summed E-state index contributed by atoms with van der Waals surface area (Å²) in [5, 5.41) is 5.38. The Hall–Kier alpha value is -1.83. The zero-order chi connectivity index (χ0) is 13.2. The Morgan fingerprint density at radius 3 is 2.44 bits per heavy atom. The molecule has 0 radical (unpaired) electrons. The first kappa shape index (κ1) is 12.6. The number of amides is 1. The summed E-state index contributed by atoms with van der Waals surface area (Å²) in [7, 11) is 0. The average molecular weight is 241 g/mol. The van der Waals surface area contributed by atoms with Crippen molar-refractivity contribution in [2.75, 3.05) is 6.54 Å². The molecule has 2 heteroatoms. The van der Waals surface area contributed by atoms with Crippen LogP contribution in [-0.4, -0.2) is 12.5 Å². The van der Waals surface area contributed by atoms with Crippen LogP contribution in [0.1, 0.15) is 26.3 Å². The van der Waals surface area contributed by atoms with Gasteiger partial charge in [-0.1, -0.05) is 56.3 Å². The monoisotopic (exact) mass is 241 g/mol. The number of rotatable bonds is 3. The fourth-order valence-electron chi connectivity index (χ4n) is 2.06. The van der Waals surface area contributed by atoms with Gasteiger partial charge >= 0.3 is 0 Å². The number of carbonyl (C=O) groups is 1. The third-order valence-corrected chi connectivity index (χ3v) is 3.31. The van der Waals surface area contributed by atoms with Gasteiger partial charge in [0.15, 0.2) is 0 Å². The summed E-state index contributed by atoms with van der Waals surface area (Å²) in [5.74, 6) is 0.0175. The molecule has 0 bridgehead atoms. The lowest BCUT2D eigenvalue weighted by Gasteiger charge is -2.25. The van der Waals surface area contributed by atoms with Crippen LogP contribution in [0.3, 0.4) is 0 Å². The molecule has 0 atom stereocenters. The van der Waals surface area contributed by atoms with Crippen LogP contribution in [0.4, 0.5) is 0 Å². The smallest absolute Gasteiger partial charge is 0.216 e. The topological polar surface area (TPSA) is 29.1 Å². The van der Waals surface area contributed by atoms with Gasteiger partial charge in [0, 0.05) is 18.9 Å². The maximum absolute atomic E-state index is 11.0. The second-order valence-corrected chi connectivity index (χ2v) is 5.36. The normalized spacial score (nSPS) is 11.5. The minimum absolute atomic E-state index is 0.0175. The molecule has 0 aliphatic carbocycles. The van der Waals surface area contributed by atoms with Gasteiger partial charge < -0.3 is 5.32 Å². The first-order valence-corrected chi connectivity index (χ1v) is 6.23. The van der Waals surface area contributed by atoms with Crippen LogP contribution >= 0.6 is 0 Å². The molecule has 0 aromatic heterocycles. The van der Waals surface area contributed by atoms with Crippen molar-refractivity contribution < 1.29 is 4.79 Å². The molecule has 0 fully saturated rings. The molecule has 1 amide bonds. The second-order valence-electron chi connectivity index (χ2n) is 5.36. The lowest BCUT2D eigenvalue weighted by Crippen LogP contribution is -2.35. The van der Waals surface area contributed by atoms with E-state index in [0.717, 1.165) is 0 Å². The number of benzene rings is 2. The predicted molar refractivity (Wildman–Crippen MR) is 75.7 cm³/mol. The molecule has 0 aliphatic heterocycles. The fraction of sp³-hybridized carbons (Fsp3) is 0.312. The van der Waals surface area contributed by atoms with Crippen LogP contribution in [0.25, 0.3) is 10.8 Å². The molecule has 18 heavy (non-hydrogen) atoms. The van der Waals surface area contributed by atoms with Gasteiger partial charge in [0.05, 0.1) is 0 Å². The Balaban J connectivity index is 2.32. The lowest BCUT2D eigenvalue weighted by molar-refractivity contribution is -0.119. The van der Waals surface area contributed by atoms with Crippen molar-refractivity contribution in [3.63, 3.8) is 0 Å². The molecule has 2 rings (SSSR count). The van der Waals surface area contributed by atoms with E-state index < -0.39 is 0 Å². The van der Waals surface area contributed by atoms with Crippen LogP contribution in [0.15, 0.2) is 42.5 Å². The van der Waals surface area contributed by atoms with Gasteiger partial charge in [0.25, 0.3) is 0 Å². The Kier molecular flexibility index (Phi) is 3.37. The molecule has 94 valence electrons. The van der Waals surface area contributed by atoms with Crippen molar-refractivity contribution in [2.24, 2.45) is 0 Å². The summed E-state index contributed by atoms with van der Waals surface area (Å²) in [6, 6.07) is 14.8. The van der Waals surface area contributed by atoms with E-state index in [4.69, 9.17) is 0 Å². The summed E-state index contributed by atoms with van der Waals surface area (Å²) in [6.07, 6.45) is 0. The van der Waals surface area contributed by atoms with Crippen LogP contribution in [-0.2, 0) is 10.2 Å². The molecule has 0 spiro atoms. The fourth-order valence-corrected chi connectivity index (χ4v) is 2.06. The zero-order valence-electron chi connectivity index (χ0n) is 11.2. The maximum Gasteiger partial charge on any atom is 0.216 e. The van der Waals surface area contributed by atoms with Gasteiger partial charge in [-0.25, -0.2) is 0 Å². The van der Waals surface area contributed by atoms with Gasteiger partial charge in [-0.3, -0.25) is 4.79 Å². The maximum atomic E-state index is 11.0. The van der Waals surface area contributed by atoms with Crippen molar-refractivity contribution in [3.05, 3.63) is 48.0 Å². The average Bonchev–Trinajstić information content (AvgIpc) is 2.36. The van der Waals surface area contributed by atoms with E-state index >= 15 is 0 Å². The van der Waals surface area contributed by atoms with E-state index in [9.17, 15) is 4.79 Å². The van der Waals surface area contributed by atoms with E-state index in [1.807, 2.05) is 12.1 Å². The Morgan fingerprint density at radius 2 is 1.78 bits per heavy atom. The van der Waals surface area contributed by atoms with Crippen LogP contribution in [0, 0.1) is 0 Å². The van der Waals surface area contributed by atoms with E-state index in [1.165, 1.54) is 16.3 Å². The van der Waals surface area contributed by atoms with Crippen LogP contribution in [0.2, 0.25) is 0 Å². The third kappa shape index (κ3) is 2.70. The first-order chi connectivity index (χ1) is 8.49. The largest absolute Gasteiger partial charge is 0.355 e. The van der Waals surface area contributed by atoms with E-state index in [-0.39, 0.29) is 11.3 Å². The Labute approximate surface area is 108 Å². The molecule has 0 aliphatic rings. The van der Waals surface area contributed by atoms with Crippen LogP contribution in [0.5, 0.6) is 0 Å². The molecule has 2 nitrogen and oxygen atoms in total. The molecule has 1 N–H and O–H groups in total. The standard InChI is InChI=1S/C16H19NO/c1-12(18)17-11-16(2,3)15-9-8-13-6-4-5-7-14(13)10-15/h4-10H,11H2,1-3H3,(H,17,18). The SMILES string of the molecule is CC(=O)NCC(C)(C)c1ccc2ccccc2c1. The van der Waals surface area contributed by atoms with E-state index in [2.05, 4.69) is 49.5 Å². The summed E-state index contributed by atoms with van der Waals surface area (Å²) in [5.41, 5.74) is 1.19. The van der Waals surface area contributed by atoms with E-state index in [1.54, 1.807) is 6.92 Å². The highest BCUT2D eigenvalue weighted by atomic mass is 16.1. The van der Waals surface area contributed by atoms with Crippen molar-refractivity contribution >= 4 is 16.7 Å². The molecule has 0 saturated heterocycles. The molecule has 0 heterocycles. The minimum Gasteiger partial charge on any atom is -0.355 e. The number of nitrogens with one attached hydrogen (secondary N) is 1. The highest BCUT2D eigenvalue weighted by Crippen LogP contribution is 2.26. The van der Waals surface area contributed by atoms with Gasteiger partial charge in [0.2, 0.25) is 5.91 Å². The van der Waals surface area contributed by atoms with Gasteiger partial charge in [0.1, 0.15) is 0 Å². The van der Waals surface area contributed by atoms with Gasteiger partial charge in [-0.05, 0) is 16.3 Å². The zero-order valence-corrected chi connectivity index (χ0v) is 11.2. The summed E-state index contributed by atoms with van der Waals surface area (Å²) in [6.45, 7) is 6.50. The highest BCUT2D eigenvalue weighted by Gasteiger charge is 2.20. The second kappa shape index (κ2) is 4.81. The van der Waals surface area contributed by atoms with Crippen molar-refractivity contribution in [1.29, 1.82) is 0 Å². The van der Waals surface area contributed by atoms with Gasteiger partial charge in [-0.15, -0.1) is 0 Å². The minimum atomic E-state index is -0.0598. The molecular weight excluding hydrogens is 222 g/mol. The first-order valence-electron chi connectivity index (χ1n) is 6.23. The molecule has 2 aromatic carbocycles. The molecular formula is C16H19NO. The number of carbonyl (C=O) groups excluding carboxylic acids is 1. The summed E-state index contributed by atoms with van der Waals surface area (Å²) in [4.78, 5) is 11.0. The highest BCUT2D eigenvalue weighted by molar-refractivity contribution is 5.83. The number of fused-ring (bicyclic) bond motifs is 1.